The monoisotopic (exact) mass is 235 g/mol. The van der Waals surface area contributed by atoms with Crippen LogP contribution in [0.2, 0.25) is 0 Å². The average Bonchev–Trinajstić information content (AvgIpc) is 2.28. The first kappa shape index (κ1) is 17.6. The number of carbonyl (C=O) groups excluding carboxylic acids is 2. The van der Waals surface area contributed by atoms with Gasteiger partial charge in [-0.3, -0.25) is 9.59 Å². The van der Waals surface area contributed by atoms with Gasteiger partial charge in [-0.1, -0.05) is 6.92 Å². The molecule has 0 radical (unpaired) electrons. The van der Waals surface area contributed by atoms with Crippen molar-refractivity contribution in [3.05, 3.63) is 0 Å². The lowest BCUT2D eigenvalue weighted by molar-refractivity contribution is -0.125. The third kappa shape index (κ3) is 9.72. The van der Waals surface area contributed by atoms with Crippen LogP contribution >= 0.6 is 0 Å². The predicted molar refractivity (Wildman–Crippen MR) is 58.8 cm³/mol. The number of hydrogen-bond acceptors (Lipinski definition) is 6. The summed E-state index contributed by atoms with van der Waals surface area (Å²) in [6.45, 7) is 1.97. The third-order valence-electron chi connectivity index (χ3n) is 1.79. The van der Waals surface area contributed by atoms with E-state index in [1.165, 1.54) is 6.92 Å². The van der Waals surface area contributed by atoms with Crippen LogP contribution in [-0.2, 0) is 9.59 Å². The molecule has 0 atom stereocenters. The van der Waals surface area contributed by atoms with Gasteiger partial charge in [0.1, 0.15) is 11.6 Å². The molecule has 0 aromatic carbocycles. The minimum atomic E-state index is -1.21. The van der Waals surface area contributed by atoms with Crippen LogP contribution in [0.4, 0.5) is 0 Å². The molecule has 0 unspecified atom stereocenters. The van der Waals surface area contributed by atoms with Gasteiger partial charge in [-0.05, 0) is 6.92 Å². The van der Waals surface area contributed by atoms with Crippen LogP contribution in [0.5, 0.6) is 0 Å². The Balaban J connectivity index is 0. The fourth-order valence-electron chi connectivity index (χ4n) is 0.553. The molecule has 0 aromatic rings. The summed E-state index contributed by atoms with van der Waals surface area (Å²) in [5.74, 6) is -0.0191. The maximum atomic E-state index is 10.4. The summed E-state index contributed by atoms with van der Waals surface area (Å²) < 4.78 is 0. The largest absolute Gasteiger partial charge is 0.394 e. The highest BCUT2D eigenvalue weighted by molar-refractivity contribution is 5.97. The van der Waals surface area contributed by atoms with E-state index in [9.17, 15) is 9.59 Å². The second-order valence-electron chi connectivity index (χ2n) is 3.61. The lowest BCUT2D eigenvalue weighted by Gasteiger charge is -2.20. The highest BCUT2D eigenvalue weighted by Crippen LogP contribution is 1.93. The Kier molecular flexibility index (Phi) is 10.3. The quantitative estimate of drug-likeness (QED) is 0.420. The molecule has 5 N–H and O–H groups in total. The third-order valence-corrected chi connectivity index (χ3v) is 1.79. The summed E-state index contributed by atoms with van der Waals surface area (Å²) >= 11 is 0. The second-order valence-corrected chi connectivity index (χ2v) is 3.61. The first-order valence-corrected chi connectivity index (χ1v) is 4.97. The number of nitrogens with two attached hydrogens (primary N) is 1. The van der Waals surface area contributed by atoms with E-state index in [0.29, 0.717) is 6.42 Å². The Morgan fingerprint density at radius 3 is 1.56 bits per heavy atom. The minimum Gasteiger partial charge on any atom is -0.394 e. The molecule has 0 aromatic heterocycles. The van der Waals surface area contributed by atoms with E-state index >= 15 is 0 Å². The summed E-state index contributed by atoms with van der Waals surface area (Å²) in [6, 6.07) is 0. The van der Waals surface area contributed by atoms with Gasteiger partial charge in [-0.25, -0.2) is 0 Å². The summed E-state index contributed by atoms with van der Waals surface area (Å²) in [4.78, 5) is 20.6. The van der Waals surface area contributed by atoms with Crippen LogP contribution in [0, 0.1) is 0 Å². The van der Waals surface area contributed by atoms with Crippen LogP contribution in [0.3, 0.4) is 0 Å². The number of rotatable bonds is 6. The van der Waals surface area contributed by atoms with Gasteiger partial charge in [-0.2, -0.15) is 0 Å². The first-order chi connectivity index (χ1) is 7.35. The molecule has 96 valence electrons. The molecule has 0 aliphatic carbocycles. The number of Topliss-reactive ketones (excluding diaryl/α,β-unsaturated/α-hetero) is 2. The highest BCUT2D eigenvalue weighted by Gasteiger charge is 2.20. The normalized spacial score (nSPS) is 10.4. The van der Waals surface area contributed by atoms with Crippen LogP contribution in [0.1, 0.15) is 26.7 Å². The molecule has 0 amide bonds. The van der Waals surface area contributed by atoms with Gasteiger partial charge in [-0.15, -0.1) is 0 Å². The Labute approximate surface area is 95.1 Å². The number of hydrogen-bond donors (Lipinski definition) is 4. The van der Waals surface area contributed by atoms with Gasteiger partial charge in [0.05, 0.1) is 31.8 Å². The number of ketones is 2. The summed E-state index contributed by atoms with van der Waals surface area (Å²) in [5.41, 5.74) is 3.94. The maximum Gasteiger partial charge on any atom is 0.139 e. The van der Waals surface area contributed by atoms with Crippen molar-refractivity contribution in [1.82, 2.24) is 0 Å². The number of aliphatic hydroxyl groups is 3. The van der Waals surface area contributed by atoms with E-state index in [-0.39, 0.29) is 18.0 Å². The van der Waals surface area contributed by atoms with Crippen molar-refractivity contribution in [2.75, 3.05) is 19.8 Å². The zero-order valence-corrected chi connectivity index (χ0v) is 9.77. The molecule has 6 nitrogen and oxygen atoms in total. The van der Waals surface area contributed by atoms with Gasteiger partial charge in [0.2, 0.25) is 0 Å². The Bertz CT molecular complexity index is 205. The Hall–Kier alpha value is -0.820. The number of carbonyl (C=O) groups is 2. The highest BCUT2D eigenvalue weighted by atomic mass is 16.3. The lowest BCUT2D eigenvalue weighted by Crippen LogP contribution is -2.50. The van der Waals surface area contributed by atoms with Crippen molar-refractivity contribution in [3.8, 4) is 0 Å². The average molecular weight is 235 g/mol. The first-order valence-electron chi connectivity index (χ1n) is 4.97. The molecule has 0 bridgehead atoms. The molecule has 0 spiro atoms. The lowest BCUT2D eigenvalue weighted by atomic mass is 10.1. The molecule has 0 saturated carbocycles. The summed E-state index contributed by atoms with van der Waals surface area (Å²) in [5, 5.41) is 25.0. The van der Waals surface area contributed by atoms with Crippen molar-refractivity contribution >= 4 is 11.6 Å². The van der Waals surface area contributed by atoms with E-state index < -0.39 is 25.4 Å². The van der Waals surface area contributed by atoms with Gasteiger partial charge >= 0.3 is 0 Å². The van der Waals surface area contributed by atoms with Crippen molar-refractivity contribution in [1.29, 1.82) is 0 Å². The van der Waals surface area contributed by atoms with Gasteiger partial charge in [0, 0.05) is 6.42 Å². The predicted octanol–water partition coefficient (Wildman–Crippen LogP) is -1.39. The molecule has 6 heteroatoms. The molecule has 16 heavy (non-hydrogen) atoms. The summed E-state index contributed by atoms with van der Waals surface area (Å²) in [7, 11) is 0. The molecule has 0 aliphatic rings. The summed E-state index contributed by atoms with van der Waals surface area (Å²) in [6.07, 6.45) is 0.579. The van der Waals surface area contributed by atoms with Gasteiger partial charge < -0.3 is 21.1 Å². The van der Waals surface area contributed by atoms with Crippen LogP contribution in [0.25, 0.3) is 0 Å². The van der Waals surface area contributed by atoms with E-state index in [2.05, 4.69) is 0 Å². The molecular weight excluding hydrogens is 214 g/mol. The minimum absolute atomic E-state index is 0.0255. The van der Waals surface area contributed by atoms with Gasteiger partial charge in [0.25, 0.3) is 0 Å². The van der Waals surface area contributed by atoms with Gasteiger partial charge in [0.15, 0.2) is 0 Å². The van der Waals surface area contributed by atoms with Crippen molar-refractivity contribution < 1.29 is 24.9 Å². The van der Waals surface area contributed by atoms with E-state index in [1.807, 2.05) is 0 Å². The van der Waals surface area contributed by atoms with Crippen LogP contribution in [0.15, 0.2) is 0 Å². The molecular formula is C10H21NO5. The van der Waals surface area contributed by atoms with E-state index in [0.717, 1.165) is 0 Å². The van der Waals surface area contributed by atoms with Crippen LogP contribution in [-0.4, -0.2) is 52.2 Å². The van der Waals surface area contributed by atoms with E-state index in [4.69, 9.17) is 21.1 Å². The van der Waals surface area contributed by atoms with E-state index in [1.54, 1.807) is 6.92 Å². The molecule has 0 heterocycles. The molecule has 0 rings (SSSR count). The zero-order chi connectivity index (χ0) is 13.2. The molecule has 0 saturated heterocycles. The Morgan fingerprint density at radius 2 is 1.50 bits per heavy atom. The fraction of sp³-hybridized carbons (Fsp3) is 0.800. The molecule has 0 fully saturated rings. The number of aliphatic hydroxyl groups excluding tert-OH is 3. The maximum absolute atomic E-state index is 10.4. The van der Waals surface area contributed by atoms with Crippen molar-refractivity contribution in [3.63, 3.8) is 0 Å². The van der Waals surface area contributed by atoms with Crippen LogP contribution < -0.4 is 5.73 Å². The molecule has 0 aliphatic heterocycles. The van der Waals surface area contributed by atoms with Crippen molar-refractivity contribution in [2.24, 2.45) is 5.73 Å². The van der Waals surface area contributed by atoms with Crippen molar-refractivity contribution in [2.45, 2.75) is 32.2 Å². The zero-order valence-electron chi connectivity index (χ0n) is 9.77. The second kappa shape index (κ2) is 9.41. The standard InChI is InChI=1S/C6H10O2.C4H11NO3/c1-3-6(8)4-5(2)7;5-4(1-6,2-7)3-8/h3-4H2,1-2H3;6-8H,1-3,5H2. The fourth-order valence-corrected chi connectivity index (χ4v) is 0.553. The Morgan fingerprint density at radius 1 is 1.12 bits per heavy atom. The topological polar surface area (TPSA) is 121 Å². The SMILES string of the molecule is CCC(=O)CC(C)=O.NC(CO)(CO)CO. The smallest absolute Gasteiger partial charge is 0.139 e.